The summed E-state index contributed by atoms with van der Waals surface area (Å²) in [4.78, 5) is 14.0. The SMILES string of the molecule is Cc1[nH]c(=O)c(C#N)cc1-c1ccccc1O. The molecule has 0 aliphatic rings. The minimum Gasteiger partial charge on any atom is -0.507 e. The van der Waals surface area contributed by atoms with Crippen molar-refractivity contribution in [3.05, 3.63) is 51.9 Å². The molecule has 2 aromatic rings. The summed E-state index contributed by atoms with van der Waals surface area (Å²) in [5.41, 5.74) is 1.49. The van der Waals surface area contributed by atoms with Gasteiger partial charge in [0.25, 0.3) is 5.56 Å². The quantitative estimate of drug-likeness (QED) is 0.779. The summed E-state index contributed by atoms with van der Waals surface area (Å²) in [6.07, 6.45) is 0. The molecule has 0 saturated heterocycles. The Morgan fingerprint density at radius 2 is 2.00 bits per heavy atom. The minimum atomic E-state index is -0.413. The van der Waals surface area contributed by atoms with Gasteiger partial charge in [0.1, 0.15) is 17.4 Å². The highest BCUT2D eigenvalue weighted by atomic mass is 16.3. The maximum absolute atomic E-state index is 11.4. The van der Waals surface area contributed by atoms with Crippen molar-refractivity contribution in [2.45, 2.75) is 6.92 Å². The molecule has 0 bridgehead atoms. The van der Waals surface area contributed by atoms with Crippen LogP contribution in [0, 0.1) is 18.3 Å². The first-order valence-corrected chi connectivity index (χ1v) is 5.06. The summed E-state index contributed by atoms with van der Waals surface area (Å²) in [5, 5.41) is 18.6. The first kappa shape index (κ1) is 11.0. The van der Waals surface area contributed by atoms with Crippen LogP contribution in [0.25, 0.3) is 11.1 Å². The van der Waals surface area contributed by atoms with E-state index in [0.717, 1.165) is 0 Å². The van der Waals surface area contributed by atoms with Gasteiger partial charge in [-0.3, -0.25) is 4.79 Å². The molecule has 84 valence electrons. The predicted octanol–water partition coefficient (Wildman–Crippen LogP) is 1.93. The summed E-state index contributed by atoms with van der Waals surface area (Å²) in [7, 11) is 0. The van der Waals surface area contributed by atoms with Crippen LogP contribution in [-0.4, -0.2) is 10.1 Å². The number of aromatic hydroxyl groups is 1. The van der Waals surface area contributed by atoms with Crippen LogP contribution >= 0.6 is 0 Å². The lowest BCUT2D eigenvalue weighted by Gasteiger charge is -2.07. The van der Waals surface area contributed by atoms with Gasteiger partial charge in [0.2, 0.25) is 0 Å². The molecule has 0 aliphatic heterocycles. The lowest BCUT2D eigenvalue weighted by atomic mass is 10.0. The number of phenolic OH excluding ortho intramolecular Hbond substituents is 1. The molecule has 17 heavy (non-hydrogen) atoms. The molecule has 4 heteroatoms. The molecule has 1 aromatic heterocycles. The number of para-hydroxylation sites is 1. The Hall–Kier alpha value is -2.54. The second-order valence-corrected chi connectivity index (χ2v) is 3.68. The number of aromatic amines is 1. The first-order chi connectivity index (χ1) is 8.13. The molecular weight excluding hydrogens is 216 g/mol. The van der Waals surface area contributed by atoms with E-state index in [9.17, 15) is 9.90 Å². The number of pyridine rings is 1. The molecule has 1 heterocycles. The van der Waals surface area contributed by atoms with Gasteiger partial charge in [-0.05, 0) is 19.1 Å². The Balaban J connectivity index is 2.73. The first-order valence-electron chi connectivity index (χ1n) is 5.06. The van der Waals surface area contributed by atoms with Crippen LogP contribution in [0.1, 0.15) is 11.3 Å². The maximum atomic E-state index is 11.4. The number of phenols is 1. The number of H-pyrrole nitrogens is 1. The number of hydrogen-bond donors (Lipinski definition) is 2. The summed E-state index contributed by atoms with van der Waals surface area (Å²) < 4.78 is 0. The number of aryl methyl sites for hydroxylation is 1. The van der Waals surface area contributed by atoms with Crippen LogP contribution in [0.15, 0.2) is 35.1 Å². The molecule has 0 spiro atoms. The second-order valence-electron chi connectivity index (χ2n) is 3.68. The molecule has 0 radical (unpaired) electrons. The molecule has 0 amide bonds. The van der Waals surface area contributed by atoms with Crippen molar-refractivity contribution >= 4 is 0 Å². The Kier molecular flexibility index (Phi) is 2.67. The fraction of sp³-hybridized carbons (Fsp3) is 0.0769. The predicted molar refractivity (Wildman–Crippen MR) is 63.6 cm³/mol. The van der Waals surface area contributed by atoms with Gasteiger partial charge in [-0.25, -0.2) is 0 Å². The van der Waals surface area contributed by atoms with Crippen molar-refractivity contribution in [1.82, 2.24) is 4.98 Å². The standard InChI is InChI=1S/C13H10N2O2/c1-8-11(6-9(7-14)13(17)15-8)10-4-2-3-5-12(10)16/h2-6,16H,1H3,(H,15,17). The molecule has 0 atom stereocenters. The third kappa shape index (κ3) is 1.91. The van der Waals surface area contributed by atoms with E-state index in [0.29, 0.717) is 16.8 Å². The zero-order valence-electron chi connectivity index (χ0n) is 9.19. The third-order valence-corrected chi connectivity index (χ3v) is 2.55. The van der Waals surface area contributed by atoms with Gasteiger partial charge in [-0.2, -0.15) is 5.26 Å². The lowest BCUT2D eigenvalue weighted by molar-refractivity contribution is 0.477. The van der Waals surface area contributed by atoms with Crippen molar-refractivity contribution in [2.75, 3.05) is 0 Å². The van der Waals surface area contributed by atoms with Gasteiger partial charge in [-0.1, -0.05) is 18.2 Å². The van der Waals surface area contributed by atoms with Crippen LogP contribution < -0.4 is 5.56 Å². The molecule has 0 fully saturated rings. The number of nitrogens with zero attached hydrogens (tertiary/aromatic N) is 1. The van der Waals surface area contributed by atoms with Crippen LogP contribution in [-0.2, 0) is 0 Å². The van der Waals surface area contributed by atoms with E-state index in [2.05, 4.69) is 4.98 Å². The Bertz CT molecular complexity index is 666. The van der Waals surface area contributed by atoms with E-state index < -0.39 is 5.56 Å². The fourth-order valence-electron chi connectivity index (χ4n) is 1.69. The van der Waals surface area contributed by atoms with Crippen molar-refractivity contribution in [1.29, 1.82) is 5.26 Å². The van der Waals surface area contributed by atoms with Crippen molar-refractivity contribution in [3.63, 3.8) is 0 Å². The molecule has 1 aromatic carbocycles. The third-order valence-electron chi connectivity index (χ3n) is 2.55. The van der Waals surface area contributed by atoms with E-state index in [4.69, 9.17) is 5.26 Å². The number of hydrogen-bond acceptors (Lipinski definition) is 3. The average molecular weight is 226 g/mol. The van der Waals surface area contributed by atoms with E-state index in [1.54, 1.807) is 31.2 Å². The average Bonchev–Trinajstić information content (AvgIpc) is 2.31. The van der Waals surface area contributed by atoms with Crippen LogP contribution in [0.3, 0.4) is 0 Å². The Morgan fingerprint density at radius 1 is 1.29 bits per heavy atom. The minimum absolute atomic E-state index is 0.0360. The van der Waals surface area contributed by atoms with Crippen LogP contribution in [0.2, 0.25) is 0 Å². The van der Waals surface area contributed by atoms with Gasteiger partial charge in [0.15, 0.2) is 0 Å². The smallest absolute Gasteiger partial charge is 0.266 e. The topological polar surface area (TPSA) is 76.9 Å². The highest BCUT2D eigenvalue weighted by Crippen LogP contribution is 2.29. The molecule has 0 aliphatic carbocycles. The van der Waals surface area contributed by atoms with Gasteiger partial charge in [0, 0.05) is 16.8 Å². The number of benzene rings is 1. The molecule has 0 saturated carbocycles. The maximum Gasteiger partial charge on any atom is 0.266 e. The number of nitriles is 1. The zero-order chi connectivity index (χ0) is 12.4. The second kappa shape index (κ2) is 4.14. The van der Waals surface area contributed by atoms with E-state index >= 15 is 0 Å². The van der Waals surface area contributed by atoms with Gasteiger partial charge < -0.3 is 10.1 Å². The largest absolute Gasteiger partial charge is 0.507 e. The Labute approximate surface area is 97.8 Å². The van der Waals surface area contributed by atoms with E-state index in [1.807, 2.05) is 6.07 Å². The molecule has 2 rings (SSSR count). The monoisotopic (exact) mass is 226 g/mol. The van der Waals surface area contributed by atoms with Gasteiger partial charge in [-0.15, -0.1) is 0 Å². The molecule has 4 nitrogen and oxygen atoms in total. The summed E-state index contributed by atoms with van der Waals surface area (Å²) >= 11 is 0. The summed E-state index contributed by atoms with van der Waals surface area (Å²) in [5.74, 6) is 0.117. The fourth-order valence-corrected chi connectivity index (χ4v) is 1.69. The molecular formula is C13H10N2O2. The summed E-state index contributed by atoms with van der Waals surface area (Å²) in [6, 6.07) is 10.1. The number of rotatable bonds is 1. The normalized spacial score (nSPS) is 9.88. The van der Waals surface area contributed by atoms with E-state index in [-0.39, 0.29) is 11.3 Å². The van der Waals surface area contributed by atoms with Gasteiger partial charge in [0.05, 0.1) is 0 Å². The number of aromatic nitrogens is 1. The highest BCUT2D eigenvalue weighted by molar-refractivity contribution is 5.72. The van der Waals surface area contributed by atoms with Crippen molar-refractivity contribution < 1.29 is 5.11 Å². The van der Waals surface area contributed by atoms with E-state index in [1.165, 1.54) is 6.07 Å². The molecule has 0 unspecified atom stereocenters. The zero-order valence-corrected chi connectivity index (χ0v) is 9.19. The molecule has 2 N–H and O–H groups in total. The van der Waals surface area contributed by atoms with Gasteiger partial charge >= 0.3 is 0 Å². The lowest BCUT2D eigenvalue weighted by Crippen LogP contribution is -2.11. The highest BCUT2D eigenvalue weighted by Gasteiger charge is 2.10. The van der Waals surface area contributed by atoms with Crippen LogP contribution in [0.5, 0.6) is 5.75 Å². The van der Waals surface area contributed by atoms with Crippen molar-refractivity contribution in [2.24, 2.45) is 0 Å². The Morgan fingerprint density at radius 3 is 2.65 bits per heavy atom. The van der Waals surface area contributed by atoms with Crippen LogP contribution in [0.4, 0.5) is 0 Å². The summed E-state index contributed by atoms with van der Waals surface area (Å²) in [6.45, 7) is 1.73. The van der Waals surface area contributed by atoms with Crippen molar-refractivity contribution in [3.8, 4) is 22.9 Å². The number of nitrogens with one attached hydrogen (secondary N) is 1.